The maximum absolute atomic E-state index is 14.4. The minimum atomic E-state index is -1.94. The minimum Gasteiger partial charge on any atom is -0.393 e. The van der Waals surface area contributed by atoms with Crippen molar-refractivity contribution in [3.05, 3.63) is 23.6 Å². The molecule has 2 saturated heterocycles. The van der Waals surface area contributed by atoms with E-state index in [2.05, 4.69) is 4.99 Å². The summed E-state index contributed by atoms with van der Waals surface area (Å²) in [7, 11) is 0. The molecule has 10 heteroatoms. The van der Waals surface area contributed by atoms with Gasteiger partial charge in [-0.25, -0.2) is 13.8 Å². The molecule has 3 rings (SSSR count). The van der Waals surface area contributed by atoms with Gasteiger partial charge >= 0.3 is 0 Å². The lowest BCUT2D eigenvalue weighted by atomic mass is 9.97. The molecule has 3 aliphatic heterocycles. The van der Waals surface area contributed by atoms with Gasteiger partial charge in [-0.2, -0.15) is 0 Å². The number of halogens is 3. The Hall–Kier alpha value is -1.26. The Balaban J connectivity index is 1.90. The van der Waals surface area contributed by atoms with Crippen LogP contribution in [-0.2, 0) is 9.47 Å². The van der Waals surface area contributed by atoms with Crippen LogP contribution in [0.3, 0.4) is 0 Å². The Morgan fingerprint density at radius 2 is 2.27 bits per heavy atom. The number of amidine groups is 1. The summed E-state index contributed by atoms with van der Waals surface area (Å²) in [6.07, 6.45) is -4.45. The third-order valence-electron chi connectivity index (χ3n) is 3.81. The molecule has 0 aromatic rings. The Morgan fingerprint density at radius 1 is 1.55 bits per heavy atom. The smallest absolute Gasteiger partial charge is 0.198 e. The van der Waals surface area contributed by atoms with Crippen molar-refractivity contribution in [2.45, 2.75) is 36.6 Å². The zero-order valence-corrected chi connectivity index (χ0v) is 11.9. The predicted molar refractivity (Wildman–Crippen MR) is 71.9 cm³/mol. The zero-order valence-electron chi connectivity index (χ0n) is 11.1. The average Bonchev–Trinajstić information content (AvgIpc) is 3.22. The van der Waals surface area contributed by atoms with Gasteiger partial charge in [0.05, 0.1) is 6.61 Å². The molecule has 0 saturated carbocycles. The lowest BCUT2D eigenvalue weighted by Gasteiger charge is -2.28. The van der Waals surface area contributed by atoms with E-state index in [0.29, 0.717) is 0 Å². The molecular weight excluding hydrogens is 324 g/mol. The fraction of sp³-hybridized carbons (Fsp3) is 0.583. The van der Waals surface area contributed by atoms with Gasteiger partial charge in [0.15, 0.2) is 36.5 Å². The molecule has 122 valence electrons. The summed E-state index contributed by atoms with van der Waals surface area (Å²) in [5.41, 5.74) is 4.67. The van der Waals surface area contributed by atoms with Crippen LogP contribution < -0.4 is 5.73 Å². The maximum atomic E-state index is 14.4. The average molecular weight is 338 g/mol. The summed E-state index contributed by atoms with van der Waals surface area (Å²) in [6, 6.07) is 0. The van der Waals surface area contributed by atoms with E-state index in [9.17, 15) is 19.0 Å². The number of nitrogens with zero attached hydrogens (tertiary/aromatic N) is 2. The topological polar surface area (TPSA) is 104 Å². The van der Waals surface area contributed by atoms with Crippen LogP contribution in [0.2, 0.25) is 0 Å². The molecule has 0 amide bonds. The molecule has 0 aromatic carbocycles. The quantitative estimate of drug-likeness (QED) is 0.610. The van der Waals surface area contributed by atoms with Gasteiger partial charge in [0, 0.05) is 11.7 Å². The van der Waals surface area contributed by atoms with E-state index in [1.54, 1.807) is 0 Å². The van der Waals surface area contributed by atoms with Crippen molar-refractivity contribution in [3.8, 4) is 0 Å². The number of nitrogens with two attached hydrogens (primary N) is 1. The fourth-order valence-electron chi connectivity index (χ4n) is 2.53. The summed E-state index contributed by atoms with van der Waals surface area (Å²) in [6.45, 7) is -0.706. The molecule has 0 radical (unpaired) electrons. The van der Waals surface area contributed by atoms with Crippen LogP contribution in [0.1, 0.15) is 0 Å². The van der Waals surface area contributed by atoms with Crippen LogP contribution in [0.15, 0.2) is 28.6 Å². The third kappa shape index (κ3) is 2.29. The van der Waals surface area contributed by atoms with Crippen molar-refractivity contribution < 1.29 is 28.5 Å². The largest absolute Gasteiger partial charge is 0.393 e. The summed E-state index contributed by atoms with van der Waals surface area (Å²) in [5.74, 6) is -1.23. The molecule has 7 nitrogen and oxygen atoms in total. The first kappa shape index (κ1) is 15.6. The Bertz CT molecular complexity index is 560. The molecule has 3 heterocycles. The highest BCUT2D eigenvalue weighted by Gasteiger charge is 2.59. The van der Waals surface area contributed by atoms with Crippen molar-refractivity contribution in [2.24, 2.45) is 10.7 Å². The number of fused-ring (bicyclic) bond motifs is 1. The van der Waals surface area contributed by atoms with E-state index in [4.69, 9.17) is 26.8 Å². The van der Waals surface area contributed by atoms with Gasteiger partial charge in [-0.15, -0.1) is 0 Å². The highest BCUT2D eigenvalue weighted by molar-refractivity contribution is 6.25. The van der Waals surface area contributed by atoms with Gasteiger partial charge in [-0.3, -0.25) is 0 Å². The normalized spacial score (nSPS) is 44.6. The molecular formula is C12H14ClF2N3O4. The second kappa shape index (κ2) is 5.43. The standard InChI is InChI=1S/C12H14ClF2N3O4/c13-2-1-12(4-19)7(20)6(15)10(22-12)18-3-5(14)8(16)17-9-11(18)21-9/h1-3,6-7,9-11,19-20H,4H2,(H2,16,17)/b2-1-/t6-,7-,9?,10+,11?,12+/m0/s1. The number of hydrogen-bond donors (Lipinski definition) is 3. The number of aliphatic hydroxyl groups excluding tert-OH is 2. The van der Waals surface area contributed by atoms with Crippen molar-refractivity contribution in [1.29, 1.82) is 0 Å². The predicted octanol–water partition coefficient (Wildman–Crippen LogP) is -0.309. The Kier molecular flexibility index (Phi) is 3.86. The molecule has 3 aliphatic rings. The monoisotopic (exact) mass is 337 g/mol. The summed E-state index contributed by atoms with van der Waals surface area (Å²) in [4.78, 5) is 4.86. The molecule has 0 aromatic heterocycles. The second-order valence-electron chi connectivity index (χ2n) is 5.16. The van der Waals surface area contributed by atoms with Crippen molar-refractivity contribution in [1.82, 2.24) is 4.90 Å². The van der Waals surface area contributed by atoms with Crippen molar-refractivity contribution in [3.63, 3.8) is 0 Å². The van der Waals surface area contributed by atoms with Gasteiger partial charge in [0.1, 0.15) is 11.7 Å². The first-order valence-corrected chi connectivity index (χ1v) is 6.90. The van der Waals surface area contributed by atoms with E-state index in [-0.39, 0.29) is 5.84 Å². The highest BCUT2D eigenvalue weighted by Crippen LogP contribution is 2.41. The number of epoxide rings is 1. The number of aliphatic imine (C=N–C) groups is 1. The Morgan fingerprint density at radius 3 is 2.91 bits per heavy atom. The van der Waals surface area contributed by atoms with Gasteiger partial charge in [-0.1, -0.05) is 11.6 Å². The van der Waals surface area contributed by atoms with E-state index in [1.807, 2.05) is 0 Å². The summed E-state index contributed by atoms with van der Waals surface area (Å²) in [5, 5.41) is 19.5. The van der Waals surface area contributed by atoms with E-state index >= 15 is 0 Å². The van der Waals surface area contributed by atoms with E-state index < -0.39 is 49.0 Å². The molecule has 2 unspecified atom stereocenters. The number of ether oxygens (including phenoxy) is 2. The van der Waals surface area contributed by atoms with Crippen molar-refractivity contribution in [2.75, 3.05) is 6.61 Å². The van der Waals surface area contributed by atoms with Gasteiger partial charge in [-0.05, 0) is 6.08 Å². The number of alkyl halides is 1. The SMILES string of the molecule is NC1=NC2OC2N([C@@H]2O[C@](/C=C\Cl)(CO)[C@@H](O)[C@@H]2F)C=C1F. The van der Waals surface area contributed by atoms with Crippen LogP contribution in [-0.4, -0.2) is 64.1 Å². The second-order valence-corrected chi connectivity index (χ2v) is 5.41. The fourth-order valence-corrected chi connectivity index (χ4v) is 2.75. The first-order valence-electron chi connectivity index (χ1n) is 6.46. The summed E-state index contributed by atoms with van der Waals surface area (Å²) < 4.78 is 38.8. The molecule has 0 aliphatic carbocycles. The van der Waals surface area contributed by atoms with Crippen LogP contribution in [0.5, 0.6) is 0 Å². The first-order chi connectivity index (χ1) is 10.4. The third-order valence-corrected chi connectivity index (χ3v) is 3.94. The lowest BCUT2D eigenvalue weighted by Crippen LogP contribution is -2.43. The molecule has 6 atom stereocenters. The Labute approximate surface area is 129 Å². The molecule has 22 heavy (non-hydrogen) atoms. The minimum absolute atomic E-state index is 0.363. The molecule has 2 fully saturated rings. The van der Waals surface area contributed by atoms with Crippen molar-refractivity contribution >= 4 is 17.4 Å². The maximum Gasteiger partial charge on any atom is 0.198 e. The molecule has 0 bridgehead atoms. The van der Waals surface area contributed by atoms with Gasteiger partial charge in [0.25, 0.3) is 0 Å². The number of hydrogen-bond acceptors (Lipinski definition) is 7. The highest BCUT2D eigenvalue weighted by atomic mass is 35.5. The van der Waals surface area contributed by atoms with Crippen LogP contribution in [0.4, 0.5) is 8.78 Å². The van der Waals surface area contributed by atoms with E-state index in [0.717, 1.165) is 22.7 Å². The number of rotatable bonds is 3. The molecule has 0 spiro atoms. The zero-order chi connectivity index (χ0) is 16.1. The lowest BCUT2D eigenvalue weighted by molar-refractivity contribution is -0.120. The van der Waals surface area contributed by atoms with E-state index in [1.165, 1.54) is 0 Å². The molecule has 4 N–H and O–H groups in total. The van der Waals surface area contributed by atoms with Gasteiger partial charge < -0.3 is 30.3 Å². The van der Waals surface area contributed by atoms with Crippen LogP contribution in [0.25, 0.3) is 0 Å². The van der Waals surface area contributed by atoms with Crippen LogP contribution >= 0.6 is 11.6 Å². The van der Waals surface area contributed by atoms with Crippen LogP contribution in [0, 0.1) is 0 Å². The summed E-state index contributed by atoms with van der Waals surface area (Å²) >= 11 is 5.45. The van der Waals surface area contributed by atoms with Gasteiger partial charge in [0.2, 0.25) is 0 Å². The number of aliphatic hydroxyl groups is 2.